The third kappa shape index (κ3) is 2.70. The average Bonchev–Trinajstić information content (AvgIpc) is 2.16. The summed E-state index contributed by atoms with van der Waals surface area (Å²) in [5, 5.41) is 0.368. The zero-order valence-electron chi connectivity index (χ0n) is 7.72. The highest BCUT2D eigenvalue weighted by Crippen LogP contribution is 2.22. The van der Waals surface area contributed by atoms with Crippen molar-refractivity contribution < 1.29 is 13.9 Å². The Labute approximate surface area is 86.6 Å². The number of halogens is 2. The molecular formula is C10H10ClFO2. The molecular weight excluding hydrogens is 207 g/mol. The van der Waals surface area contributed by atoms with Gasteiger partial charge in [-0.15, -0.1) is 0 Å². The third-order valence-corrected chi connectivity index (χ3v) is 1.95. The Morgan fingerprint density at radius 1 is 1.50 bits per heavy atom. The third-order valence-electron chi connectivity index (χ3n) is 1.74. The van der Waals surface area contributed by atoms with E-state index < -0.39 is 6.86 Å². The normalized spacial score (nSPS) is 9.93. The van der Waals surface area contributed by atoms with Crippen LogP contribution in [0.2, 0.25) is 5.02 Å². The van der Waals surface area contributed by atoms with Crippen molar-refractivity contribution >= 4 is 17.4 Å². The summed E-state index contributed by atoms with van der Waals surface area (Å²) in [5.74, 6) is 0.230. The predicted octanol–water partition coefficient (Wildman–Crippen LogP) is 3.24. The first-order chi connectivity index (χ1) is 6.67. The number of benzene rings is 1. The van der Waals surface area contributed by atoms with E-state index in [-0.39, 0.29) is 11.5 Å². The molecule has 4 heteroatoms. The number of ketones is 1. The Bertz CT molecular complexity index is 339. The van der Waals surface area contributed by atoms with Crippen molar-refractivity contribution in [3.63, 3.8) is 0 Å². The molecule has 0 aliphatic carbocycles. The number of ether oxygens (including phenoxy) is 1. The molecule has 76 valence electrons. The highest BCUT2D eigenvalue weighted by atomic mass is 35.5. The van der Waals surface area contributed by atoms with E-state index in [1.54, 1.807) is 13.0 Å². The number of carbonyl (C=O) groups is 1. The molecule has 1 aromatic carbocycles. The topological polar surface area (TPSA) is 26.3 Å². The van der Waals surface area contributed by atoms with Crippen LogP contribution in [0.5, 0.6) is 5.75 Å². The Balaban J connectivity index is 3.00. The van der Waals surface area contributed by atoms with Gasteiger partial charge in [-0.3, -0.25) is 4.79 Å². The summed E-state index contributed by atoms with van der Waals surface area (Å²) in [7, 11) is 0. The van der Waals surface area contributed by atoms with Crippen molar-refractivity contribution in [3.05, 3.63) is 28.8 Å². The van der Waals surface area contributed by atoms with Crippen LogP contribution < -0.4 is 4.74 Å². The van der Waals surface area contributed by atoms with Gasteiger partial charge in [-0.2, -0.15) is 0 Å². The monoisotopic (exact) mass is 216 g/mol. The number of alkyl halides is 1. The van der Waals surface area contributed by atoms with Crippen LogP contribution in [0, 0.1) is 0 Å². The van der Waals surface area contributed by atoms with Crippen LogP contribution in [0.25, 0.3) is 0 Å². The van der Waals surface area contributed by atoms with Crippen molar-refractivity contribution in [2.45, 2.75) is 13.3 Å². The van der Waals surface area contributed by atoms with Crippen LogP contribution in [-0.2, 0) is 0 Å². The Kier molecular flexibility index (Phi) is 3.89. The van der Waals surface area contributed by atoms with Crippen LogP contribution in [0.15, 0.2) is 18.2 Å². The van der Waals surface area contributed by atoms with Gasteiger partial charge in [0.05, 0.1) is 0 Å². The molecule has 0 radical (unpaired) electrons. The van der Waals surface area contributed by atoms with Gasteiger partial charge < -0.3 is 4.74 Å². The van der Waals surface area contributed by atoms with Crippen molar-refractivity contribution in [2.75, 3.05) is 6.86 Å². The summed E-state index contributed by atoms with van der Waals surface area (Å²) in [4.78, 5) is 11.3. The minimum absolute atomic E-state index is 0.0452. The first-order valence-electron chi connectivity index (χ1n) is 4.20. The lowest BCUT2D eigenvalue weighted by molar-refractivity contribution is 0.0987. The van der Waals surface area contributed by atoms with Gasteiger partial charge in [-0.05, 0) is 18.2 Å². The molecule has 0 N–H and O–H groups in total. The summed E-state index contributed by atoms with van der Waals surface area (Å²) in [5.41, 5.74) is 0.448. The minimum atomic E-state index is -0.930. The Morgan fingerprint density at radius 3 is 2.79 bits per heavy atom. The van der Waals surface area contributed by atoms with Gasteiger partial charge >= 0.3 is 0 Å². The van der Waals surface area contributed by atoms with Gasteiger partial charge in [0, 0.05) is 17.0 Å². The van der Waals surface area contributed by atoms with Gasteiger partial charge in [0.2, 0.25) is 6.86 Å². The van der Waals surface area contributed by atoms with Crippen LogP contribution in [0.4, 0.5) is 4.39 Å². The molecule has 0 saturated carbocycles. The number of carbonyl (C=O) groups excluding carboxylic acids is 1. The minimum Gasteiger partial charge on any atom is -0.463 e. The molecule has 2 nitrogen and oxygen atoms in total. The molecule has 1 rings (SSSR count). The van der Waals surface area contributed by atoms with Gasteiger partial charge in [0.25, 0.3) is 0 Å². The highest BCUT2D eigenvalue weighted by Gasteiger charge is 2.06. The highest BCUT2D eigenvalue weighted by molar-refractivity contribution is 6.31. The van der Waals surface area contributed by atoms with E-state index in [0.717, 1.165) is 0 Å². The Hall–Kier alpha value is -1.09. The molecule has 0 aromatic heterocycles. The zero-order valence-corrected chi connectivity index (χ0v) is 8.47. The van der Waals surface area contributed by atoms with E-state index in [1.165, 1.54) is 12.1 Å². The summed E-state index contributed by atoms with van der Waals surface area (Å²) < 4.78 is 16.5. The smallest absolute Gasteiger partial charge is 0.228 e. The van der Waals surface area contributed by atoms with E-state index in [2.05, 4.69) is 4.74 Å². The molecule has 14 heavy (non-hydrogen) atoms. The van der Waals surface area contributed by atoms with E-state index in [1.807, 2.05) is 0 Å². The molecule has 0 spiro atoms. The molecule has 0 aliphatic rings. The first kappa shape index (κ1) is 11.0. The second-order valence-corrected chi connectivity index (χ2v) is 3.14. The van der Waals surface area contributed by atoms with Crippen LogP contribution in [-0.4, -0.2) is 12.6 Å². The van der Waals surface area contributed by atoms with Crippen molar-refractivity contribution in [3.8, 4) is 5.75 Å². The van der Waals surface area contributed by atoms with E-state index in [4.69, 9.17) is 11.6 Å². The van der Waals surface area contributed by atoms with Crippen LogP contribution in [0.1, 0.15) is 23.7 Å². The lowest BCUT2D eigenvalue weighted by Crippen LogP contribution is -1.98. The summed E-state index contributed by atoms with van der Waals surface area (Å²) in [6, 6.07) is 4.49. The molecule has 0 unspecified atom stereocenters. The van der Waals surface area contributed by atoms with E-state index in [9.17, 15) is 9.18 Å². The predicted molar refractivity (Wildman–Crippen MR) is 52.7 cm³/mol. The van der Waals surface area contributed by atoms with Crippen molar-refractivity contribution in [1.82, 2.24) is 0 Å². The number of rotatable bonds is 4. The van der Waals surface area contributed by atoms with E-state index >= 15 is 0 Å². The lowest BCUT2D eigenvalue weighted by atomic mass is 10.1. The Morgan fingerprint density at radius 2 is 2.21 bits per heavy atom. The molecule has 0 fully saturated rings. The van der Waals surface area contributed by atoms with Crippen LogP contribution in [0.3, 0.4) is 0 Å². The van der Waals surface area contributed by atoms with Crippen molar-refractivity contribution in [2.24, 2.45) is 0 Å². The average molecular weight is 217 g/mol. The summed E-state index contributed by atoms with van der Waals surface area (Å²) in [6.45, 7) is 0.818. The van der Waals surface area contributed by atoms with Crippen molar-refractivity contribution in [1.29, 1.82) is 0 Å². The second kappa shape index (κ2) is 4.96. The standard InChI is InChI=1S/C10H10ClFO2/c1-2-10(13)7-3-8(11)5-9(4-7)14-6-12/h3-5H,2,6H2,1H3. The molecule has 0 saturated heterocycles. The molecule has 0 bridgehead atoms. The largest absolute Gasteiger partial charge is 0.463 e. The molecule has 0 heterocycles. The van der Waals surface area contributed by atoms with Gasteiger partial charge in [-0.1, -0.05) is 18.5 Å². The lowest BCUT2D eigenvalue weighted by Gasteiger charge is -2.04. The van der Waals surface area contributed by atoms with Crippen LogP contribution >= 0.6 is 11.6 Å². The molecule has 1 aromatic rings. The summed E-state index contributed by atoms with van der Waals surface area (Å²) >= 11 is 5.73. The molecule has 0 amide bonds. The second-order valence-electron chi connectivity index (χ2n) is 2.71. The quantitative estimate of drug-likeness (QED) is 0.723. The maximum Gasteiger partial charge on any atom is 0.228 e. The van der Waals surface area contributed by atoms with E-state index in [0.29, 0.717) is 17.0 Å². The molecule has 0 aliphatic heterocycles. The number of Topliss-reactive ketones (excluding diaryl/α,β-unsaturated/α-hetero) is 1. The van der Waals surface area contributed by atoms with Gasteiger partial charge in [-0.25, -0.2) is 4.39 Å². The maximum absolute atomic E-state index is 11.9. The summed E-state index contributed by atoms with van der Waals surface area (Å²) in [6.07, 6.45) is 0.384. The maximum atomic E-state index is 11.9. The first-order valence-corrected chi connectivity index (χ1v) is 4.57. The van der Waals surface area contributed by atoms with Gasteiger partial charge in [0.15, 0.2) is 5.78 Å². The van der Waals surface area contributed by atoms with Gasteiger partial charge in [0.1, 0.15) is 5.75 Å². The SMILES string of the molecule is CCC(=O)c1cc(Cl)cc(OCF)c1. The fourth-order valence-corrected chi connectivity index (χ4v) is 1.30. The fourth-order valence-electron chi connectivity index (χ4n) is 1.07. The fraction of sp³-hybridized carbons (Fsp3) is 0.300. The molecule has 0 atom stereocenters. The zero-order chi connectivity index (χ0) is 10.6. The number of hydrogen-bond acceptors (Lipinski definition) is 2. The number of hydrogen-bond donors (Lipinski definition) is 0.